The van der Waals surface area contributed by atoms with Gasteiger partial charge in [0.15, 0.2) is 15.9 Å². The Balaban J connectivity index is 1.77. The van der Waals surface area contributed by atoms with Crippen LogP contribution in [-0.2, 0) is 24.2 Å². The summed E-state index contributed by atoms with van der Waals surface area (Å²) in [5.41, 5.74) is 0. The molecule has 0 heterocycles. The highest BCUT2D eigenvalue weighted by Gasteiger charge is 2.24. The lowest BCUT2D eigenvalue weighted by molar-refractivity contribution is -0.154. The van der Waals surface area contributed by atoms with Crippen molar-refractivity contribution in [1.29, 1.82) is 0 Å². The van der Waals surface area contributed by atoms with Gasteiger partial charge in [-0.3, -0.25) is 14.9 Å². The summed E-state index contributed by atoms with van der Waals surface area (Å²) in [5.74, 6) is -2.82. The minimum absolute atomic E-state index is 0.0299. The summed E-state index contributed by atoms with van der Waals surface area (Å²) >= 11 is 0. The van der Waals surface area contributed by atoms with Gasteiger partial charge in [-0.25, -0.2) is 17.6 Å². The van der Waals surface area contributed by atoms with Crippen LogP contribution in [0, 0.1) is 5.82 Å². The molecular formula is C18H23FN2O6S. The largest absolute Gasteiger partial charge is 0.453 e. The third-order valence-electron chi connectivity index (χ3n) is 4.35. The van der Waals surface area contributed by atoms with Gasteiger partial charge >= 0.3 is 12.0 Å². The number of urea groups is 1. The van der Waals surface area contributed by atoms with Crippen molar-refractivity contribution >= 4 is 27.7 Å². The average molecular weight is 414 g/mol. The minimum Gasteiger partial charge on any atom is -0.453 e. The molecule has 1 aliphatic carbocycles. The van der Waals surface area contributed by atoms with Crippen LogP contribution in [0.5, 0.6) is 0 Å². The molecule has 1 atom stereocenters. The molecule has 2 rings (SSSR count). The van der Waals surface area contributed by atoms with Crippen molar-refractivity contribution in [3.8, 4) is 0 Å². The normalized spacial score (nSPS) is 15.6. The summed E-state index contributed by atoms with van der Waals surface area (Å²) in [6, 6.07) is 3.60. The molecule has 0 saturated heterocycles. The molecule has 8 nitrogen and oxygen atoms in total. The first kappa shape index (κ1) is 21.8. The number of rotatable bonds is 7. The minimum atomic E-state index is -3.79. The number of nitrogens with one attached hydrogen (secondary N) is 2. The van der Waals surface area contributed by atoms with Crippen molar-refractivity contribution in [2.75, 3.05) is 5.75 Å². The Hall–Kier alpha value is -2.49. The first-order valence-electron chi connectivity index (χ1n) is 8.96. The number of ether oxygens (including phenoxy) is 1. The van der Waals surface area contributed by atoms with E-state index in [1.807, 2.05) is 0 Å². The van der Waals surface area contributed by atoms with Crippen molar-refractivity contribution < 1.29 is 31.9 Å². The fourth-order valence-corrected chi connectivity index (χ4v) is 4.01. The van der Waals surface area contributed by atoms with E-state index in [1.165, 1.54) is 6.92 Å². The van der Waals surface area contributed by atoms with Gasteiger partial charge in [-0.05, 0) is 44.0 Å². The maximum Gasteiger partial charge on any atom is 0.321 e. The molecule has 3 amide bonds. The molecule has 0 aliphatic heterocycles. The fraction of sp³-hybridized carbons (Fsp3) is 0.500. The quantitative estimate of drug-likeness (QED) is 0.518. The topological polar surface area (TPSA) is 119 Å². The SMILES string of the molecule is C[C@@H](OC(=O)CCS(=O)(=O)c1ccc(F)cc1)C(=O)NC(=O)NC1CCCC1. The van der Waals surface area contributed by atoms with E-state index in [4.69, 9.17) is 4.74 Å². The summed E-state index contributed by atoms with van der Waals surface area (Å²) in [7, 11) is -3.79. The Labute approximate surface area is 162 Å². The first-order chi connectivity index (χ1) is 13.2. The zero-order chi connectivity index (χ0) is 20.7. The van der Waals surface area contributed by atoms with Crippen molar-refractivity contribution in [3.05, 3.63) is 30.1 Å². The summed E-state index contributed by atoms with van der Waals surface area (Å²) in [6.07, 6.45) is 2.02. The van der Waals surface area contributed by atoms with Crippen molar-refractivity contribution in [2.45, 2.75) is 56.1 Å². The second kappa shape index (κ2) is 9.63. The monoisotopic (exact) mass is 414 g/mol. The molecule has 0 radical (unpaired) electrons. The molecule has 0 spiro atoms. The standard InChI is InChI=1S/C18H23FN2O6S/c1-12(17(23)21-18(24)20-14-4-2-3-5-14)27-16(22)10-11-28(25,26)15-8-6-13(19)7-9-15/h6-9,12,14H,2-5,10-11H2,1H3,(H2,20,21,23,24)/t12-/m1/s1. The Morgan fingerprint density at radius 1 is 1.18 bits per heavy atom. The van der Waals surface area contributed by atoms with Gasteiger partial charge in [0.05, 0.1) is 17.1 Å². The highest BCUT2D eigenvalue weighted by Crippen LogP contribution is 2.17. The predicted octanol–water partition coefficient (Wildman–Crippen LogP) is 1.69. The maximum absolute atomic E-state index is 12.9. The number of carbonyl (C=O) groups is 3. The zero-order valence-electron chi connectivity index (χ0n) is 15.4. The third kappa shape index (κ3) is 6.59. The molecule has 1 saturated carbocycles. The molecule has 1 aromatic rings. The number of imide groups is 1. The zero-order valence-corrected chi connectivity index (χ0v) is 16.3. The van der Waals surface area contributed by atoms with Gasteiger partial charge in [0.1, 0.15) is 5.82 Å². The van der Waals surface area contributed by atoms with E-state index in [0.717, 1.165) is 49.9 Å². The van der Waals surface area contributed by atoms with Crippen LogP contribution in [0.15, 0.2) is 29.2 Å². The first-order valence-corrected chi connectivity index (χ1v) is 10.6. The number of amides is 3. The average Bonchev–Trinajstić information content (AvgIpc) is 3.13. The second-order valence-electron chi connectivity index (χ2n) is 6.60. The summed E-state index contributed by atoms with van der Waals surface area (Å²) in [5, 5.41) is 4.76. The molecule has 10 heteroatoms. The van der Waals surface area contributed by atoms with E-state index in [-0.39, 0.29) is 10.9 Å². The number of halogens is 1. The Morgan fingerprint density at radius 2 is 1.79 bits per heavy atom. The van der Waals surface area contributed by atoms with E-state index < -0.39 is 51.8 Å². The van der Waals surface area contributed by atoms with Gasteiger partial charge in [-0.15, -0.1) is 0 Å². The van der Waals surface area contributed by atoms with Crippen molar-refractivity contribution in [3.63, 3.8) is 0 Å². The Morgan fingerprint density at radius 3 is 2.39 bits per heavy atom. The van der Waals surface area contributed by atoms with Gasteiger partial charge < -0.3 is 10.1 Å². The van der Waals surface area contributed by atoms with Crippen LogP contribution in [0.2, 0.25) is 0 Å². The number of hydrogen-bond donors (Lipinski definition) is 2. The van der Waals surface area contributed by atoms with Crippen LogP contribution in [0.3, 0.4) is 0 Å². The van der Waals surface area contributed by atoms with E-state index >= 15 is 0 Å². The van der Waals surface area contributed by atoms with Gasteiger partial charge in [0.2, 0.25) is 0 Å². The van der Waals surface area contributed by atoms with Crippen molar-refractivity contribution in [2.24, 2.45) is 0 Å². The van der Waals surface area contributed by atoms with E-state index in [1.54, 1.807) is 0 Å². The Bertz CT molecular complexity index is 819. The lowest BCUT2D eigenvalue weighted by Gasteiger charge is -2.15. The van der Waals surface area contributed by atoms with Crippen LogP contribution in [0.25, 0.3) is 0 Å². The number of esters is 1. The smallest absolute Gasteiger partial charge is 0.321 e. The molecule has 0 unspecified atom stereocenters. The fourth-order valence-electron chi connectivity index (χ4n) is 2.79. The summed E-state index contributed by atoms with van der Waals surface area (Å²) in [6.45, 7) is 1.28. The van der Waals surface area contributed by atoms with Crippen LogP contribution < -0.4 is 10.6 Å². The van der Waals surface area contributed by atoms with Crippen LogP contribution in [0.4, 0.5) is 9.18 Å². The third-order valence-corrected chi connectivity index (χ3v) is 6.08. The molecule has 1 aromatic carbocycles. The molecule has 28 heavy (non-hydrogen) atoms. The molecule has 1 aliphatic rings. The molecule has 154 valence electrons. The van der Waals surface area contributed by atoms with E-state index in [0.29, 0.717) is 0 Å². The lowest BCUT2D eigenvalue weighted by Crippen LogP contribution is -2.47. The molecule has 0 bridgehead atoms. The van der Waals surface area contributed by atoms with Gasteiger partial charge in [0.25, 0.3) is 5.91 Å². The predicted molar refractivity (Wildman–Crippen MR) is 97.6 cm³/mol. The molecule has 2 N–H and O–H groups in total. The van der Waals surface area contributed by atoms with Crippen molar-refractivity contribution in [1.82, 2.24) is 10.6 Å². The molecule has 0 aromatic heterocycles. The molecular weight excluding hydrogens is 391 g/mol. The second-order valence-corrected chi connectivity index (χ2v) is 8.71. The number of carbonyl (C=O) groups excluding carboxylic acids is 3. The van der Waals surface area contributed by atoms with Gasteiger partial charge in [-0.2, -0.15) is 0 Å². The highest BCUT2D eigenvalue weighted by molar-refractivity contribution is 7.91. The van der Waals surface area contributed by atoms with E-state index in [9.17, 15) is 27.2 Å². The van der Waals surface area contributed by atoms with Crippen LogP contribution in [0.1, 0.15) is 39.0 Å². The van der Waals surface area contributed by atoms with E-state index in [2.05, 4.69) is 10.6 Å². The Kier molecular flexibility index (Phi) is 7.50. The van der Waals surface area contributed by atoms with Gasteiger partial charge in [-0.1, -0.05) is 12.8 Å². The van der Waals surface area contributed by atoms with Gasteiger partial charge in [0, 0.05) is 6.04 Å². The highest BCUT2D eigenvalue weighted by atomic mass is 32.2. The van der Waals surface area contributed by atoms with Crippen LogP contribution in [-0.4, -0.2) is 44.2 Å². The molecule has 1 fully saturated rings. The number of hydrogen-bond acceptors (Lipinski definition) is 6. The lowest BCUT2D eigenvalue weighted by atomic mass is 10.2. The maximum atomic E-state index is 12.9. The summed E-state index contributed by atoms with van der Waals surface area (Å²) < 4.78 is 42.0. The number of benzene rings is 1. The number of sulfone groups is 1. The summed E-state index contributed by atoms with van der Waals surface area (Å²) in [4.78, 5) is 35.4. The van der Waals surface area contributed by atoms with Crippen LogP contribution >= 0.6 is 0 Å².